The summed E-state index contributed by atoms with van der Waals surface area (Å²) in [4.78, 5) is 28.6. The van der Waals surface area contributed by atoms with Crippen molar-refractivity contribution < 1.29 is 14.7 Å². The Hall–Kier alpha value is -1.30. The maximum Gasteiger partial charge on any atom is 0.320 e. The minimum atomic E-state index is -0.547. The molecule has 2 saturated heterocycles. The van der Waals surface area contributed by atoms with Gasteiger partial charge in [-0.1, -0.05) is 0 Å². The standard InChI is InChI=1S/C15H17N3O3/c19-12(20)14-6-9-7(14)11-8(14)10(6)15(9,11)18-4-5-3-16-1-2-17(5)13(18)21/h5-11,16H,1-4H2,(H,19,20). The summed E-state index contributed by atoms with van der Waals surface area (Å²) < 4.78 is 0. The molecule has 2 N–H and O–H groups in total. The molecule has 6 nitrogen and oxygen atoms in total. The van der Waals surface area contributed by atoms with Gasteiger partial charge < -0.3 is 20.2 Å². The van der Waals surface area contributed by atoms with Crippen molar-refractivity contribution in [3.63, 3.8) is 0 Å². The van der Waals surface area contributed by atoms with Gasteiger partial charge in [0.05, 0.1) is 17.0 Å². The summed E-state index contributed by atoms with van der Waals surface area (Å²) in [7, 11) is 0. The van der Waals surface area contributed by atoms with Crippen molar-refractivity contribution in [2.75, 3.05) is 26.2 Å². The van der Waals surface area contributed by atoms with Crippen LogP contribution in [0.15, 0.2) is 0 Å². The molecule has 0 aromatic rings. The minimum Gasteiger partial charge on any atom is -0.481 e. The van der Waals surface area contributed by atoms with Crippen molar-refractivity contribution in [3.05, 3.63) is 0 Å². The van der Waals surface area contributed by atoms with Gasteiger partial charge in [0.1, 0.15) is 0 Å². The fourth-order valence-corrected chi connectivity index (χ4v) is 8.38. The smallest absolute Gasteiger partial charge is 0.320 e. The predicted octanol–water partition coefficient (Wildman–Crippen LogP) is -0.729. The van der Waals surface area contributed by atoms with Crippen LogP contribution in [0.2, 0.25) is 0 Å². The van der Waals surface area contributed by atoms with E-state index in [2.05, 4.69) is 10.2 Å². The normalized spacial score (nSPS) is 66.3. The van der Waals surface area contributed by atoms with Crippen LogP contribution in [-0.2, 0) is 4.79 Å². The van der Waals surface area contributed by atoms with E-state index in [4.69, 9.17) is 0 Å². The van der Waals surface area contributed by atoms with E-state index >= 15 is 0 Å². The van der Waals surface area contributed by atoms with E-state index in [-0.39, 0.29) is 17.0 Å². The third kappa shape index (κ3) is 0.594. The molecule has 2 amide bonds. The van der Waals surface area contributed by atoms with E-state index in [1.54, 1.807) is 0 Å². The lowest BCUT2D eigenvalue weighted by Gasteiger charge is -3.10. The molecular formula is C15H17N3O3. The Morgan fingerprint density at radius 3 is 2.43 bits per heavy atom. The summed E-state index contributed by atoms with van der Waals surface area (Å²) in [6.07, 6.45) is 0. The summed E-state index contributed by atoms with van der Waals surface area (Å²) in [6.45, 7) is 3.50. The number of nitrogens with one attached hydrogen (secondary N) is 1. The molecule has 8 fully saturated rings. The van der Waals surface area contributed by atoms with Crippen LogP contribution >= 0.6 is 0 Å². The van der Waals surface area contributed by atoms with Gasteiger partial charge in [-0.3, -0.25) is 4.79 Å². The van der Waals surface area contributed by atoms with Crippen LogP contribution in [0, 0.1) is 40.9 Å². The van der Waals surface area contributed by atoms with Gasteiger partial charge in [-0.05, 0) is 35.5 Å². The zero-order valence-corrected chi connectivity index (χ0v) is 11.5. The van der Waals surface area contributed by atoms with Crippen molar-refractivity contribution in [2.24, 2.45) is 40.9 Å². The number of aliphatic carboxylic acids is 1. The molecular weight excluding hydrogens is 270 g/mol. The summed E-state index contributed by atoms with van der Waals surface area (Å²) >= 11 is 0. The summed E-state index contributed by atoms with van der Waals surface area (Å²) in [6, 6.07) is 0.571. The van der Waals surface area contributed by atoms with Crippen LogP contribution in [-0.4, -0.2) is 64.7 Å². The summed E-state index contributed by atoms with van der Waals surface area (Å²) in [5, 5.41) is 12.9. The number of piperazine rings is 1. The van der Waals surface area contributed by atoms with Gasteiger partial charge >= 0.3 is 12.0 Å². The Kier molecular flexibility index (Phi) is 1.23. The second-order valence-electron chi connectivity index (χ2n) is 8.22. The molecule has 0 aromatic heterocycles. The molecule has 6 saturated carbocycles. The monoisotopic (exact) mass is 287 g/mol. The molecule has 8 aliphatic rings. The third-order valence-corrected chi connectivity index (χ3v) is 8.64. The minimum absolute atomic E-state index is 0.117. The number of carbonyl (C=O) groups is 2. The van der Waals surface area contributed by atoms with Gasteiger partial charge in [0.25, 0.3) is 0 Å². The second-order valence-corrected chi connectivity index (χ2v) is 8.22. The Morgan fingerprint density at radius 2 is 1.86 bits per heavy atom. The molecule has 21 heavy (non-hydrogen) atoms. The Balaban J connectivity index is 1.25. The highest BCUT2D eigenvalue weighted by atomic mass is 16.4. The SMILES string of the molecule is O=C1N2CCNCC2CN1C12C3C4C1C1C2C3C41C(=O)O. The van der Waals surface area contributed by atoms with Crippen molar-refractivity contribution in [3.8, 4) is 0 Å². The van der Waals surface area contributed by atoms with E-state index in [0.717, 1.165) is 26.2 Å². The van der Waals surface area contributed by atoms with Crippen LogP contribution in [0.25, 0.3) is 0 Å². The second kappa shape index (κ2) is 2.47. The zero-order chi connectivity index (χ0) is 13.9. The number of carbonyl (C=O) groups excluding carboxylic acids is 1. The summed E-state index contributed by atoms with van der Waals surface area (Å²) in [5.41, 5.74) is -0.204. The topological polar surface area (TPSA) is 72.9 Å². The molecule has 110 valence electrons. The van der Waals surface area contributed by atoms with Crippen molar-refractivity contribution in [1.29, 1.82) is 0 Å². The predicted molar refractivity (Wildman–Crippen MR) is 69.2 cm³/mol. The molecule has 0 radical (unpaired) electrons. The van der Waals surface area contributed by atoms with Crippen LogP contribution in [0.1, 0.15) is 0 Å². The number of carboxylic acid groups (broad SMARTS) is 1. The fraction of sp³-hybridized carbons (Fsp3) is 0.867. The molecule has 0 spiro atoms. The molecule has 2 aliphatic heterocycles. The van der Waals surface area contributed by atoms with Gasteiger partial charge in [-0.2, -0.15) is 0 Å². The van der Waals surface area contributed by atoms with Crippen molar-refractivity contribution in [2.45, 2.75) is 11.6 Å². The average Bonchev–Trinajstić information content (AvgIpc) is 2.84. The van der Waals surface area contributed by atoms with Crippen LogP contribution in [0.4, 0.5) is 4.79 Å². The van der Waals surface area contributed by atoms with E-state index in [1.165, 1.54) is 0 Å². The molecule has 6 heteroatoms. The van der Waals surface area contributed by atoms with E-state index in [0.29, 0.717) is 41.5 Å². The number of hydrogen-bond donors (Lipinski definition) is 2. The maximum absolute atomic E-state index is 12.8. The molecule has 1 atom stereocenters. The number of rotatable bonds is 2. The number of nitrogens with zero attached hydrogens (tertiary/aromatic N) is 2. The van der Waals surface area contributed by atoms with Crippen molar-refractivity contribution in [1.82, 2.24) is 15.1 Å². The van der Waals surface area contributed by atoms with Gasteiger partial charge in [0, 0.05) is 26.2 Å². The van der Waals surface area contributed by atoms with Crippen LogP contribution in [0.5, 0.6) is 0 Å². The van der Waals surface area contributed by atoms with Gasteiger partial charge in [0.2, 0.25) is 0 Å². The first kappa shape index (κ1) is 10.4. The lowest BCUT2D eigenvalue weighted by molar-refractivity contribution is -0.625. The molecule has 0 bridgehead atoms. The Bertz CT molecular complexity index is 607. The fourth-order valence-electron chi connectivity index (χ4n) is 8.38. The average molecular weight is 287 g/mol. The quantitative estimate of drug-likeness (QED) is 0.702. The Labute approximate surface area is 121 Å². The lowest BCUT2D eigenvalue weighted by atomic mass is 8.94. The van der Waals surface area contributed by atoms with Crippen LogP contribution < -0.4 is 5.32 Å². The summed E-state index contributed by atoms with van der Waals surface area (Å²) in [5.74, 6) is 2.30. The maximum atomic E-state index is 12.8. The molecule has 2 heterocycles. The highest BCUT2D eigenvalue weighted by Crippen LogP contribution is 3.08. The highest BCUT2D eigenvalue weighted by molar-refractivity contribution is 5.90. The Morgan fingerprint density at radius 1 is 1.19 bits per heavy atom. The number of fused-ring (bicyclic) bond motifs is 1. The number of amides is 2. The van der Waals surface area contributed by atoms with E-state index in [9.17, 15) is 14.7 Å². The molecule has 6 aliphatic carbocycles. The highest BCUT2D eigenvalue weighted by Gasteiger charge is 3.13. The van der Waals surface area contributed by atoms with Crippen LogP contribution in [0.3, 0.4) is 0 Å². The first-order valence-electron chi connectivity index (χ1n) is 8.20. The van der Waals surface area contributed by atoms with E-state index in [1.807, 2.05) is 4.90 Å². The molecule has 8 rings (SSSR count). The lowest BCUT2D eigenvalue weighted by Crippen LogP contribution is -3.16. The van der Waals surface area contributed by atoms with Gasteiger partial charge in [-0.15, -0.1) is 0 Å². The van der Waals surface area contributed by atoms with Gasteiger partial charge in [-0.25, -0.2) is 4.79 Å². The van der Waals surface area contributed by atoms with Crippen molar-refractivity contribution >= 4 is 12.0 Å². The first-order chi connectivity index (χ1) is 10.2. The number of urea groups is 1. The third-order valence-electron chi connectivity index (χ3n) is 8.64. The van der Waals surface area contributed by atoms with Gasteiger partial charge in [0.15, 0.2) is 0 Å². The number of carboxylic acids is 1. The number of hydrogen-bond acceptors (Lipinski definition) is 3. The largest absolute Gasteiger partial charge is 0.481 e. The zero-order valence-electron chi connectivity index (χ0n) is 11.5. The molecule has 1 unspecified atom stereocenters. The first-order valence-corrected chi connectivity index (χ1v) is 8.20. The van der Waals surface area contributed by atoms with E-state index < -0.39 is 5.97 Å². The molecule has 0 aromatic carbocycles.